The second-order valence-electron chi connectivity index (χ2n) is 7.07. The fraction of sp³-hybridized carbons (Fsp3) is 0.450. The largest absolute Gasteiger partial charge is 0.459 e. The van der Waals surface area contributed by atoms with Gasteiger partial charge in [0, 0.05) is 32.1 Å². The maximum absolute atomic E-state index is 14.5. The Labute approximate surface area is 166 Å². The van der Waals surface area contributed by atoms with E-state index in [2.05, 4.69) is 10.4 Å². The molecule has 29 heavy (non-hydrogen) atoms. The van der Waals surface area contributed by atoms with Crippen LogP contribution in [0.3, 0.4) is 0 Å². The van der Waals surface area contributed by atoms with Crippen LogP contribution in [0, 0.1) is 5.82 Å². The number of nitrogens with zero attached hydrogens (tertiary/aromatic N) is 2. The molecule has 1 aliphatic carbocycles. The highest BCUT2D eigenvalue weighted by Crippen LogP contribution is 2.48. The molecule has 1 saturated carbocycles. The van der Waals surface area contributed by atoms with E-state index in [1.54, 1.807) is 31.4 Å². The van der Waals surface area contributed by atoms with E-state index in [1.165, 1.54) is 6.20 Å². The summed E-state index contributed by atoms with van der Waals surface area (Å²) in [6.45, 7) is 2.31. The average molecular weight is 413 g/mol. The van der Waals surface area contributed by atoms with Crippen LogP contribution in [0.5, 0.6) is 5.88 Å². The summed E-state index contributed by atoms with van der Waals surface area (Å²) < 4.78 is 64.5. The number of aromatic nitrogens is 1. The van der Waals surface area contributed by atoms with Crippen LogP contribution in [0.1, 0.15) is 31.7 Å². The molecule has 1 aromatic rings. The van der Waals surface area contributed by atoms with Gasteiger partial charge >= 0.3 is 6.18 Å². The number of methoxy groups -OCH3 is 1. The first-order valence-electron chi connectivity index (χ1n) is 9.17. The Morgan fingerprint density at radius 3 is 2.59 bits per heavy atom. The summed E-state index contributed by atoms with van der Waals surface area (Å²) in [5.74, 6) is -1.56. The van der Waals surface area contributed by atoms with Crippen molar-refractivity contribution < 1.29 is 27.0 Å². The van der Waals surface area contributed by atoms with E-state index in [4.69, 9.17) is 9.47 Å². The number of alkyl halides is 3. The maximum atomic E-state index is 14.5. The molecule has 1 N–H and O–H groups in total. The van der Waals surface area contributed by atoms with Crippen molar-refractivity contribution in [1.82, 2.24) is 15.4 Å². The van der Waals surface area contributed by atoms with Crippen LogP contribution >= 0.6 is 0 Å². The van der Waals surface area contributed by atoms with Gasteiger partial charge in [-0.2, -0.15) is 13.2 Å². The van der Waals surface area contributed by atoms with E-state index < -0.39 is 23.5 Å². The summed E-state index contributed by atoms with van der Waals surface area (Å²) in [6.07, 6.45) is 2.08. The van der Waals surface area contributed by atoms with Gasteiger partial charge in [-0.3, -0.25) is 5.01 Å². The van der Waals surface area contributed by atoms with Crippen LogP contribution in [0.2, 0.25) is 0 Å². The zero-order chi connectivity index (χ0) is 21.2. The summed E-state index contributed by atoms with van der Waals surface area (Å²) >= 11 is 0. The lowest BCUT2D eigenvalue weighted by Gasteiger charge is -2.42. The normalized spacial score (nSPS) is 20.2. The van der Waals surface area contributed by atoms with Crippen LogP contribution in [0.4, 0.5) is 17.6 Å². The van der Waals surface area contributed by atoms with Crippen LogP contribution in [-0.4, -0.2) is 42.5 Å². The zero-order valence-electron chi connectivity index (χ0n) is 16.4. The molecular weight excluding hydrogens is 390 g/mol. The lowest BCUT2D eigenvalue weighted by atomic mass is 9.79. The van der Waals surface area contributed by atoms with Crippen molar-refractivity contribution in [1.29, 1.82) is 0 Å². The van der Waals surface area contributed by atoms with E-state index in [0.717, 1.165) is 17.3 Å². The van der Waals surface area contributed by atoms with Gasteiger partial charge in [0.25, 0.3) is 5.88 Å². The fourth-order valence-corrected chi connectivity index (χ4v) is 3.28. The molecule has 1 aromatic heterocycles. The molecule has 3 rings (SSSR count). The highest BCUT2D eigenvalue weighted by molar-refractivity contribution is 5.77. The van der Waals surface area contributed by atoms with Gasteiger partial charge in [0.2, 0.25) is 5.60 Å². The lowest BCUT2D eigenvalue weighted by Crippen LogP contribution is -2.55. The van der Waals surface area contributed by atoms with Crippen molar-refractivity contribution in [3.8, 4) is 5.88 Å². The van der Waals surface area contributed by atoms with Crippen molar-refractivity contribution in [3.05, 3.63) is 53.3 Å². The first kappa shape index (κ1) is 21.3. The monoisotopic (exact) mass is 413 g/mol. The minimum atomic E-state index is -4.57. The molecule has 0 saturated heterocycles. The third kappa shape index (κ3) is 4.16. The molecule has 2 heterocycles. The van der Waals surface area contributed by atoms with Crippen LogP contribution in [0.15, 0.2) is 41.9 Å². The highest BCUT2D eigenvalue weighted by atomic mass is 19.4. The predicted octanol–water partition coefficient (Wildman–Crippen LogP) is 4.35. The van der Waals surface area contributed by atoms with Crippen LogP contribution in [0.25, 0.3) is 5.57 Å². The van der Waals surface area contributed by atoms with Crippen molar-refractivity contribution in [3.63, 3.8) is 0 Å². The predicted molar refractivity (Wildman–Crippen MR) is 100 cm³/mol. The average Bonchev–Trinajstić information content (AvgIpc) is 2.64. The molecule has 0 unspecified atom stereocenters. The van der Waals surface area contributed by atoms with E-state index in [0.29, 0.717) is 24.2 Å². The molecule has 2 aliphatic rings. The Morgan fingerprint density at radius 1 is 1.34 bits per heavy atom. The Morgan fingerprint density at radius 2 is 2.07 bits per heavy atom. The number of hydrogen-bond acceptors (Lipinski definition) is 5. The van der Waals surface area contributed by atoms with Gasteiger partial charge in [0.1, 0.15) is 0 Å². The first-order valence-corrected chi connectivity index (χ1v) is 9.17. The Kier molecular flexibility index (Phi) is 6.00. The fourth-order valence-electron chi connectivity index (χ4n) is 3.28. The Bertz CT molecular complexity index is 858. The van der Waals surface area contributed by atoms with E-state index in [1.807, 2.05) is 13.0 Å². The number of nitrogens with one attached hydrogen (secondary N) is 1. The van der Waals surface area contributed by atoms with Crippen molar-refractivity contribution in [2.75, 3.05) is 20.8 Å². The molecule has 5 nitrogen and oxygen atoms in total. The van der Waals surface area contributed by atoms with Gasteiger partial charge in [0.15, 0.2) is 5.82 Å². The molecule has 0 radical (unpaired) electrons. The third-order valence-electron chi connectivity index (χ3n) is 5.10. The quantitative estimate of drug-likeness (QED) is 0.703. The van der Waals surface area contributed by atoms with E-state index in [9.17, 15) is 17.6 Å². The molecule has 1 aliphatic heterocycles. The van der Waals surface area contributed by atoms with Gasteiger partial charge in [-0.15, -0.1) is 0 Å². The summed E-state index contributed by atoms with van der Waals surface area (Å²) in [7, 11) is 3.35. The van der Waals surface area contributed by atoms with Crippen LogP contribution < -0.4 is 10.2 Å². The standard InChI is InChI=1S/C20H23F4N3O2/c1-13(12-28-3)17-10-14(5-8-27(17)25-2)15-9-16(21)18(26-11-15)29-19(6-4-7-19)20(22,23)24/h5,8-11,25H,4,6-7,12H2,1-3H3/b17-13+. The highest BCUT2D eigenvalue weighted by Gasteiger charge is 2.61. The second kappa shape index (κ2) is 8.16. The van der Waals surface area contributed by atoms with Gasteiger partial charge in [-0.25, -0.2) is 14.8 Å². The number of halogens is 4. The third-order valence-corrected chi connectivity index (χ3v) is 5.10. The maximum Gasteiger partial charge on any atom is 0.428 e. The number of allylic oxidation sites excluding steroid dienone is 3. The zero-order valence-corrected chi connectivity index (χ0v) is 16.4. The molecule has 0 bridgehead atoms. The minimum absolute atomic E-state index is 0.194. The summed E-state index contributed by atoms with van der Waals surface area (Å²) in [6, 6.07) is 1.14. The molecule has 1 fully saturated rings. The lowest BCUT2D eigenvalue weighted by molar-refractivity contribution is -0.275. The minimum Gasteiger partial charge on any atom is -0.459 e. The van der Waals surface area contributed by atoms with E-state index >= 15 is 0 Å². The van der Waals surface area contributed by atoms with Gasteiger partial charge in [-0.1, -0.05) is 0 Å². The number of hydrogen-bond donors (Lipinski definition) is 1. The molecule has 0 spiro atoms. The number of hydrazine groups is 1. The number of pyridine rings is 1. The van der Waals surface area contributed by atoms with E-state index in [-0.39, 0.29) is 12.8 Å². The summed E-state index contributed by atoms with van der Waals surface area (Å²) in [5, 5.41) is 1.78. The molecule has 0 aromatic carbocycles. The molecule has 9 heteroatoms. The molecular formula is C20H23F4N3O2. The molecule has 0 amide bonds. The second-order valence-corrected chi connectivity index (χ2v) is 7.07. The topological polar surface area (TPSA) is 46.6 Å². The summed E-state index contributed by atoms with van der Waals surface area (Å²) in [4.78, 5) is 3.84. The number of rotatable bonds is 6. The smallest absolute Gasteiger partial charge is 0.428 e. The van der Waals surface area contributed by atoms with Gasteiger partial charge in [-0.05, 0) is 55.6 Å². The first-order chi connectivity index (χ1) is 13.7. The molecule has 0 atom stereocenters. The number of ether oxygens (including phenoxy) is 2. The SMILES string of the molecule is CNN1C=CC(c2cnc(OC3(C(F)(F)F)CCC3)c(F)c2)=C/C1=C(/C)COC. The van der Waals surface area contributed by atoms with Gasteiger partial charge < -0.3 is 9.47 Å². The summed E-state index contributed by atoms with van der Waals surface area (Å²) in [5.41, 5.74) is 3.52. The van der Waals surface area contributed by atoms with Crippen molar-refractivity contribution >= 4 is 5.57 Å². The van der Waals surface area contributed by atoms with Crippen molar-refractivity contribution in [2.24, 2.45) is 0 Å². The Balaban J connectivity index is 1.88. The molecule has 158 valence electrons. The van der Waals surface area contributed by atoms with Gasteiger partial charge in [0.05, 0.1) is 12.3 Å². The Hall–Kier alpha value is -2.39. The van der Waals surface area contributed by atoms with Crippen LogP contribution in [-0.2, 0) is 4.74 Å². The van der Waals surface area contributed by atoms with Crippen molar-refractivity contribution in [2.45, 2.75) is 38.0 Å².